The molecule has 0 amide bonds. The molecule has 1 aliphatic heterocycles. The highest BCUT2D eigenvalue weighted by atomic mass is 79.9. The van der Waals surface area contributed by atoms with Gasteiger partial charge >= 0.3 is 0 Å². The van der Waals surface area contributed by atoms with Crippen LogP contribution in [-0.4, -0.2) is 54.8 Å². The number of aromatic nitrogens is 1. The van der Waals surface area contributed by atoms with Crippen molar-refractivity contribution in [2.24, 2.45) is 0 Å². The van der Waals surface area contributed by atoms with E-state index in [1.807, 2.05) is 20.9 Å². The maximum atomic E-state index is 12.7. The SMILES string of the molecule is CN1CCN(S(=O)(=O)c2cc(Br)cnc2Cl)CC1(C)C. The molecule has 2 heterocycles. The lowest BCUT2D eigenvalue weighted by atomic mass is 10.0. The number of sulfonamides is 1. The molecule has 0 bridgehead atoms. The molecule has 2 rings (SSSR count). The number of hydrogen-bond donors (Lipinski definition) is 0. The summed E-state index contributed by atoms with van der Waals surface area (Å²) in [5, 5.41) is 0.00457. The van der Waals surface area contributed by atoms with Crippen LogP contribution in [0.4, 0.5) is 0 Å². The van der Waals surface area contributed by atoms with E-state index in [2.05, 4.69) is 25.8 Å². The molecule has 0 aliphatic carbocycles. The number of hydrogen-bond acceptors (Lipinski definition) is 4. The van der Waals surface area contributed by atoms with Crippen LogP contribution in [0.5, 0.6) is 0 Å². The molecule has 0 atom stereocenters. The fourth-order valence-corrected chi connectivity index (χ4v) is 4.63. The Balaban J connectivity index is 2.38. The first-order chi connectivity index (χ1) is 9.14. The quantitative estimate of drug-likeness (QED) is 0.736. The van der Waals surface area contributed by atoms with Gasteiger partial charge in [-0.05, 0) is 42.9 Å². The third-order valence-electron chi connectivity index (χ3n) is 3.67. The summed E-state index contributed by atoms with van der Waals surface area (Å²) in [6.45, 7) is 5.61. The van der Waals surface area contributed by atoms with Gasteiger partial charge in [-0.15, -0.1) is 0 Å². The molecule has 1 fully saturated rings. The second kappa shape index (κ2) is 5.53. The van der Waals surface area contributed by atoms with Crippen molar-refractivity contribution in [1.29, 1.82) is 0 Å². The summed E-state index contributed by atoms with van der Waals surface area (Å²) in [5.74, 6) is 0. The van der Waals surface area contributed by atoms with E-state index in [-0.39, 0.29) is 15.6 Å². The zero-order chi connectivity index (χ0) is 15.1. The lowest BCUT2D eigenvalue weighted by Gasteiger charge is -2.44. The summed E-state index contributed by atoms with van der Waals surface area (Å²) < 4.78 is 27.5. The van der Waals surface area contributed by atoms with Crippen molar-refractivity contribution >= 4 is 37.6 Å². The monoisotopic (exact) mass is 381 g/mol. The molecule has 1 aliphatic rings. The van der Waals surface area contributed by atoms with Crippen LogP contribution in [0.1, 0.15) is 13.8 Å². The average molecular weight is 383 g/mol. The zero-order valence-electron chi connectivity index (χ0n) is 11.6. The lowest BCUT2D eigenvalue weighted by Crippen LogP contribution is -2.58. The molecule has 0 saturated carbocycles. The summed E-state index contributed by atoms with van der Waals surface area (Å²) in [6, 6.07) is 1.50. The van der Waals surface area contributed by atoms with Crippen LogP contribution in [-0.2, 0) is 10.0 Å². The highest BCUT2D eigenvalue weighted by Gasteiger charge is 2.38. The minimum atomic E-state index is -3.63. The molecule has 5 nitrogen and oxygen atoms in total. The van der Waals surface area contributed by atoms with E-state index < -0.39 is 10.0 Å². The average Bonchev–Trinajstić information content (AvgIpc) is 2.35. The van der Waals surface area contributed by atoms with Gasteiger partial charge in [0.1, 0.15) is 10.0 Å². The van der Waals surface area contributed by atoms with Gasteiger partial charge < -0.3 is 0 Å². The van der Waals surface area contributed by atoms with Gasteiger partial charge in [0.25, 0.3) is 0 Å². The molecule has 0 radical (unpaired) electrons. The Hall–Kier alpha value is -0.210. The van der Waals surface area contributed by atoms with Crippen LogP contribution in [0, 0.1) is 0 Å². The second-order valence-corrected chi connectivity index (χ2v) is 8.70. The summed E-state index contributed by atoms with van der Waals surface area (Å²) in [5.41, 5.74) is -0.211. The number of likely N-dealkylation sites (N-methyl/N-ethyl adjacent to an activating group) is 1. The van der Waals surface area contributed by atoms with Crippen molar-refractivity contribution < 1.29 is 8.42 Å². The molecule has 0 spiro atoms. The fraction of sp³-hybridized carbons (Fsp3) is 0.583. The zero-order valence-corrected chi connectivity index (χ0v) is 14.8. The van der Waals surface area contributed by atoms with E-state index in [0.29, 0.717) is 24.1 Å². The van der Waals surface area contributed by atoms with Crippen LogP contribution in [0.2, 0.25) is 5.15 Å². The number of pyridine rings is 1. The molecule has 0 aromatic carbocycles. The molecule has 1 aromatic heterocycles. The van der Waals surface area contributed by atoms with Crippen LogP contribution < -0.4 is 0 Å². The van der Waals surface area contributed by atoms with Crippen molar-refractivity contribution in [1.82, 2.24) is 14.2 Å². The molecule has 112 valence electrons. The van der Waals surface area contributed by atoms with E-state index in [9.17, 15) is 8.42 Å². The largest absolute Gasteiger partial charge is 0.299 e. The van der Waals surface area contributed by atoms with Gasteiger partial charge in [-0.3, -0.25) is 4.90 Å². The molecule has 0 N–H and O–H groups in total. The molecule has 1 saturated heterocycles. The summed E-state index contributed by atoms with van der Waals surface area (Å²) in [7, 11) is -1.63. The molecular weight excluding hydrogens is 366 g/mol. The van der Waals surface area contributed by atoms with E-state index >= 15 is 0 Å². The van der Waals surface area contributed by atoms with Crippen molar-refractivity contribution in [3.05, 3.63) is 21.9 Å². The summed E-state index contributed by atoms with van der Waals surface area (Å²) in [4.78, 5) is 6.10. The lowest BCUT2D eigenvalue weighted by molar-refractivity contribution is 0.0801. The van der Waals surface area contributed by atoms with E-state index in [1.165, 1.54) is 16.6 Å². The molecule has 20 heavy (non-hydrogen) atoms. The van der Waals surface area contributed by atoms with Crippen molar-refractivity contribution in [2.45, 2.75) is 24.3 Å². The highest BCUT2D eigenvalue weighted by Crippen LogP contribution is 2.29. The van der Waals surface area contributed by atoms with Gasteiger partial charge in [-0.2, -0.15) is 4.31 Å². The molecule has 8 heteroatoms. The van der Waals surface area contributed by atoms with Crippen molar-refractivity contribution in [2.75, 3.05) is 26.7 Å². The first-order valence-electron chi connectivity index (χ1n) is 6.17. The minimum absolute atomic E-state index is 0.00457. The van der Waals surface area contributed by atoms with Crippen LogP contribution >= 0.6 is 27.5 Å². The van der Waals surface area contributed by atoms with Crippen LogP contribution in [0.25, 0.3) is 0 Å². The summed E-state index contributed by atoms with van der Waals surface area (Å²) >= 11 is 9.18. The van der Waals surface area contributed by atoms with E-state index in [0.717, 1.165) is 0 Å². The van der Waals surface area contributed by atoms with Crippen molar-refractivity contribution in [3.63, 3.8) is 0 Å². The smallest absolute Gasteiger partial charge is 0.246 e. The van der Waals surface area contributed by atoms with Crippen LogP contribution in [0.15, 0.2) is 21.6 Å². The number of halogens is 2. The van der Waals surface area contributed by atoms with Gasteiger partial charge in [0, 0.05) is 35.8 Å². The Morgan fingerprint density at radius 1 is 1.40 bits per heavy atom. The minimum Gasteiger partial charge on any atom is -0.299 e. The maximum Gasteiger partial charge on any atom is 0.246 e. The first-order valence-corrected chi connectivity index (χ1v) is 8.78. The molecule has 1 aromatic rings. The Kier molecular flexibility index (Phi) is 4.47. The van der Waals surface area contributed by atoms with E-state index in [4.69, 9.17) is 11.6 Å². The molecule has 0 unspecified atom stereocenters. The first kappa shape index (κ1) is 16.2. The standard InChI is InChI=1S/C12H17BrClN3O2S/c1-12(2)8-17(5-4-16(12)3)20(18,19)10-6-9(13)7-15-11(10)14/h6-7H,4-5,8H2,1-3H3. The Labute approximate surface area is 133 Å². The predicted molar refractivity (Wildman–Crippen MR) is 82.4 cm³/mol. The Morgan fingerprint density at radius 2 is 2.05 bits per heavy atom. The van der Waals surface area contributed by atoms with Crippen LogP contribution in [0.3, 0.4) is 0 Å². The van der Waals surface area contributed by atoms with Gasteiger partial charge in [0.05, 0.1) is 0 Å². The molecular formula is C12H17BrClN3O2S. The van der Waals surface area contributed by atoms with E-state index in [1.54, 1.807) is 0 Å². The Morgan fingerprint density at radius 3 is 2.65 bits per heavy atom. The third-order valence-corrected chi connectivity index (χ3v) is 6.38. The number of nitrogens with zero attached hydrogens (tertiary/aromatic N) is 3. The Bertz CT molecular complexity index is 621. The topological polar surface area (TPSA) is 53.5 Å². The fourth-order valence-electron chi connectivity index (χ4n) is 2.12. The van der Waals surface area contributed by atoms with Gasteiger partial charge in [-0.25, -0.2) is 13.4 Å². The second-order valence-electron chi connectivity index (χ2n) is 5.52. The highest BCUT2D eigenvalue weighted by molar-refractivity contribution is 9.10. The third kappa shape index (κ3) is 3.01. The number of piperazine rings is 1. The maximum absolute atomic E-state index is 12.7. The normalized spacial score (nSPS) is 21.1. The van der Waals surface area contributed by atoms with Gasteiger partial charge in [-0.1, -0.05) is 11.6 Å². The van der Waals surface area contributed by atoms with Gasteiger partial charge in [0.15, 0.2) is 0 Å². The predicted octanol–water partition coefficient (Wildman–Crippen LogP) is 2.21. The summed E-state index contributed by atoms with van der Waals surface area (Å²) in [6.07, 6.45) is 1.48. The number of rotatable bonds is 2. The van der Waals surface area contributed by atoms with Gasteiger partial charge in [0.2, 0.25) is 10.0 Å². The van der Waals surface area contributed by atoms with Crippen molar-refractivity contribution in [3.8, 4) is 0 Å².